The van der Waals surface area contributed by atoms with Crippen LogP contribution in [0.25, 0.3) is 11.2 Å². The van der Waals surface area contributed by atoms with Crippen molar-refractivity contribution in [2.75, 3.05) is 11.5 Å². The predicted molar refractivity (Wildman–Crippen MR) is 108 cm³/mol. The van der Waals surface area contributed by atoms with E-state index in [1.807, 2.05) is 6.92 Å². The molecule has 11 heteroatoms. The molecule has 0 atom stereocenters. The van der Waals surface area contributed by atoms with Gasteiger partial charge in [-0.3, -0.25) is 18.7 Å². The van der Waals surface area contributed by atoms with Crippen LogP contribution in [0.15, 0.2) is 34.0 Å². The van der Waals surface area contributed by atoms with Crippen molar-refractivity contribution >= 4 is 40.2 Å². The van der Waals surface area contributed by atoms with E-state index in [0.29, 0.717) is 24.3 Å². The molecule has 0 bridgehead atoms. The molecule has 6 N–H and O–H groups in total. The van der Waals surface area contributed by atoms with Gasteiger partial charge in [0.05, 0.1) is 16.8 Å². The molecular weight excluding hydrogens is 386 g/mol. The van der Waals surface area contributed by atoms with Crippen molar-refractivity contribution in [2.45, 2.75) is 26.9 Å². The summed E-state index contributed by atoms with van der Waals surface area (Å²) in [4.78, 5) is 42.6. The number of primary amides is 1. The summed E-state index contributed by atoms with van der Waals surface area (Å²) in [5, 5.41) is 0.289. The second kappa shape index (κ2) is 8.53. The van der Waals surface area contributed by atoms with Gasteiger partial charge < -0.3 is 17.2 Å². The average Bonchev–Trinajstić information content (AvgIpc) is 2.63. The van der Waals surface area contributed by atoms with Crippen LogP contribution in [0.2, 0.25) is 5.02 Å². The minimum atomic E-state index is -0.546. The van der Waals surface area contributed by atoms with Crippen molar-refractivity contribution in [2.24, 2.45) is 5.73 Å². The van der Waals surface area contributed by atoms with E-state index in [-0.39, 0.29) is 27.7 Å². The minimum Gasteiger partial charge on any atom is -0.399 e. The number of nitrogens with two attached hydrogens (primary N) is 3. The lowest BCUT2D eigenvalue weighted by Crippen LogP contribution is -2.40. The summed E-state index contributed by atoms with van der Waals surface area (Å²) in [6.07, 6.45) is 1.34. The molecule has 0 aliphatic rings. The molecule has 0 unspecified atom stereocenters. The van der Waals surface area contributed by atoms with Crippen molar-refractivity contribution in [1.82, 2.24) is 19.1 Å². The van der Waals surface area contributed by atoms with Crippen molar-refractivity contribution in [3.8, 4) is 0 Å². The Morgan fingerprint density at radius 3 is 2.32 bits per heavy atom. The summed E-state index contributed by atoms with van der Waals surface area (Å²) in [7, 11) is 0. The number of amides is 1. The third-order valence-corrected chi connectivity index (χ3v) is 4.14. The summed E-state index contributed by atoms with van der Waals surface area (Å²) in [5.74, 6) is -0.381. The topological polar surface area (TPSA) is 165 Å². The first kappa shape index (κ1) is 20.9. The SMILES string of the molecule is CCn1c(=O)c2nc(N)cnc2n(CC)c1=O.NC(=O)c1ccc(N)cc1Cl. The molecule has 3 rings (SSSR count). The first-order chi connectivity index (χ1) is 13.2. The van der Waals surface area contributed by atoms with Gasteiger partial charge in [-0.15, -0.1) is 0 Å². The van der Waals surface area contributed by atoms with Gasteiger partial charge in [0.1, 0.15) is 5.82 Å². The number of fused-ring (bicyclic) bond motifs is 1. The van der Waals surface area contributed by atoms with Crippen LogP contribution in [0.5, 0.6) is 0 Å². The van der Waals surface area contributed by atoms with E-state index < -0.39 is 11.5 Å². The Balaban J connectivity index is 0.000000221. The Bertz CT molecular complexity index is 1150. The number of benzene rings is 1. The largest absolute Gasteiger partial charge is 0.399 e. The number of carbonyl (C=O) groups excluding carboxylic acids is 1. The summed E-state index contributed by atoms with van der Waals surface area (Å²) in [6.45, 7) is 4.26. The number of aromatic nitrogens is 4. The zero-order valence-electron chi connectivity index (χ0n) is 15.3. The van der Waals surface area contributed by atoms with Crippen LogP contribution < -0.4 is 28.5 Å². The van der Waals surface area contributed by atoms with Gasteiger partial charge in [0.25, 0.3) is 5.56 Å². The number of nitrogen functional groups attached to an aromatic ring is 2. The predicted octanol–water partition coefficient (Wildman–Crippen LogP) is 0.596. The Morgan fingerprint density at radius 2 is 1.79 bits per heavy atom. The lowest BCUT2D eigenvalue weighted by molar-refractivity contribution is 0.100. The molecule has 2 aromatic heterocycles. The van der Waals surface area contributed by atoms with Gasteiger partial charge in [-0.05, 0) is 32.0 Å². The van der Waals surface area contributed by atoms with Gasteiger partial charge >= 0.3 is 5.69 Å². The number of hydrogen-bond acceptors (Lipinski definition) is 7. The first-order valence-electron chi connectivity index (χ1n) is 8.31. The van der Waals surface area contributed by atoms with E-state index in [4.69, 9.17) is 28.8 Å². The summed E-state index contributed by atoms with van der Waals surface area (Å²) in [6, 6.07) is 4.56. The maximum atomic E-state index is 12.0. The quantitative estimate of drug-likeness (QED) is 0.536. The lowest BCUT2D eigenvalue weighted by atomic mass is 10.2. The van der Waals surface area contributed by atoms with Gasteiger partial charge in [0.15, 0.2) is 11.2 Å². The van der Waals surface area contributed by atoms with E-state index in [1.165, 1.54) is 22.9 Å². The van der Waals surface area contributed by atoms with Crippen LogP contribution in [-0.4, -0.2) is 25.0 Å². The zero-order valence-corrected chi connectivity index (χ0v) is 16.1. The zero-order chi connectivity index (χ0) is 21.0. The molecule has 2 heterocycles. The number of carbonyl (C=O) groups is 1. The number of anilines is 2. The molecule has 0 fully saturated rings. The van der Waals surface area contributed by atoms with E-state index >= 15 is 0 Å². The second-order valence-electron chi connectivity index (χ2n) is 5.65. The summed E-state index contributed by atoms with van der Waals surface area (Å²) in [5.41, 5.74) is 16.3. The number of hydrogen-bond donors (Lipinski definition) is 3. The third-order valence-electron chi connectivity index (χ3n) is 3.83. The Morgan fingerprint density at radius 1 is 1.14 bits per heavy atom. The average molecular weight is 406 g/mol. The van der Waals surface area contributed by atoms with Gasteiger partial charge in [-0.2, -0.15) is 0 Å². The fourth-order valence-electron chi connectivity index (χ4n) is 2.48. The number of nitrogens with zero attached hydrogens (tertiary/aromatic N) is 4. The molecule has 28 heavy (non-hydrogen) atoms. The number of rotatable bonds is 3. The van der Waals surface area contributed by atoms with E-state index in [9.17, 15) is 14.4 Å². The second-order valence-corrected chi connectivity index (χ2v) is 6.05. The van der Waals surface area contributed by atoms with E-state index in [0.717, 1.165) is 4.57 Å². The Kier molecular flexibility index (Phi) is 6.37. The van der Waals surface area contributed by atoms with Gasteiger partial charge in [0, 0.05) is 18.8 Å². The molecule has 0 saturated carbocycles. The molecule has 1 aromatic carbocycles. The maximum absolute atomic E-state index is 12.0. The highest BCUT2D eigenvalue weighted by Crippen LogP contribution is 2.18. The third kappa shape index (κ3) is 4.12. The summed E-state index contributed by atoms with van der Waals surface area (Å²) >= 11 is 5.64. The molecule has 3 aromatic rings. The molecule has 0 aliphatic carbocycles. The molecule has 0 aliphatic heterocycles. The fourth-order valence-corrected chi connectivity index (χ4v) is 2.77. The van der Waals surface area contributed by atoms with Crippen molar-refractivity contribution < 1.29 is 4.79 Å². The normalized spacial score (nSPS) is 10.4. The number of aryl methyl sites for hydroxylation is 1. The van der Waals surface area contributed by atoms with Crippen LogP contribution >= 0.6 is 11.6 Å². The molecule has 148 valence electrons. The van der Waals surface area contributed by atoms with Crippen LogP contribution in [0.1, 0.15) is 24.2 Å². The molecule has 0 radical (unpaired) electrons. The Hall–Kier alpha value is -3.40. The van der Waals surface area contributed by atoms with Crippen molar-refractivity contribution in [3.63, 3.8) is 0 Å². The fraction of sp³-hybridized carbons (Fsp3) is 0.235. The monoisotopic (exact) mass is 405 g/mol. The smallest absolute Gasteiger partial charge is 0.332 e. The highest BCUT2D eigenvalue weighted by molar-refractivity contribution is 6.34. The van der Waals surface area contributed by atoms with Gasteiger partial charge in [0.2, 0.25) is 5.91 Å². The lowest BCUT2D eigenvalue weighted by Gasteiger charge is -2.09. The van der Waals surface area contributed by atoms with E-state index in [2.05, 4.69) is 9.97 Å². The molecule has 10 nitrogen and oxygen atoms in total. The maximum Gasteiger partial charge on any atom is 0.332 e. The Labute approximate surface area is 164 Å². The summed E-state index contributed by atoms with van der Waals surface area (Å²) < 4.78 is 2.53. The first-order valence-corrected chi connectivity index (χ1v) is 8.69. The van der Waals surface area contributed by atoms with Crippen LogP contribution in [0.4, 0.5) is 11.5 Å². The van der Waals surface area contributed by atoms with E-state index in [1.54, 1.807) is 13.0 Å². The van der Waals surface area contributed by atoms with Crippen molar-refractivity contribution in [3.05, 3.63) is 55.8 Å². The van der Waals surface area contributed by atoms with Gasteiger partial charge in [-0.25, -0.2) is 14.8 Å². The molecular formula is C17H20ClN7O3. The highest BCUT2D eigenvalue weighted by Gasteiger charge is 2.13. The van der Waals surface area contributed by atoms with Crippen LogP contribution in [-0.2, 0) is 13.1 Å². The minimum absolute atomic E-state index is 0.133. The van der Waals surface area contributed by atoms with Crippen molar-refractivity contribution in [1.29, 1.82) is 0 Å². The standard InChI is InChI=1S/C10H13N5O2.C7H7ClN2O/c1-3-14-8-7(13-6(11)5-12-8)9(16)15(4-2)10(14)17;8-6-3-4(9)1-2-5(6)7(10)11/h5H,3-4H2,1-2H3,(H2,11,13);1-3H,9H2,(H2,10,11). The number of halogens is 1. The molecule has 0 spiro atoms. The van der Waals surface area contributed by atoms with Gasteiger partial charge in [-0.1, -0.05) is 11.6 Å². The van der Waals surface area contributed by atoms with Crippen LogP contribution in [0, 0.1) is 0 Å². The molecule has 0 saturated heterocycles. The highest BCUT2D eigenvalue weighted by atomic mass is 35.5. The molecule has 1 amide bonds. The van der Waals surface area contributed by atoms with Crippen LogP contribution in [0.3, 0.4) is 0 Å².